The number of nitrogens with zero attached hydrogens (tertiary/aromatic N) is 6. The van der Waals surface area contributed by atoms with E-state index in [0.29, 0.717) is 11.1 Å². The summed E-state index contributed by atoms with van der Waals surface area (Å²) in [5.41, 5.74) is 0.177. The standard InChI is InChI=1S/C8H9FN6O/c1-2-3-6-7(9)15(13-11-6)8(16)14-5-4-10-12-14/h4-5H,2-3H2,1H3. The minimum atomic E-state index is -0.748. The lowest BCUT2D eigenvalue weighted by Gasteiger charge is -1.97. The Kier molecular flexibility index (Phi) is 2.71. The van der Waals surface area contributed by atoms with Crippen molar-refractivity contribution >= 4 is 6.03 Å². The van der Waals surface area contributed by atoms with E-state index < -0.39 is 12.0 Å². The van der Waals surface area contributed by atoms with Gasteiger partial charge in [-0.15, -0.1) is 14.9 Å². The highest BCUT2D eigenvalue weighted by Gasteiger charge is 2.19. The normalized spacial score (nSPS) is 10.6. The molecule has 84 valence electrons. The molecule has 0 atom stereocenters. The number of hydrogen-bond acceptors (Lipinski definition) is 5. The third-order valence-electron chi connectivity index (χ3n) is 1.97. The van der Waals surface area contributed by atoms with E-state index in [1.165, 1.54) is 12.4 Å². The second-order valence-electron chi connectivity index (χ2n) is 3.12. The molecular formula is C8H9FN6O. The summed E-state index contributed by atoms with van der Waals surface area (Å²) in [4.78, 5) is 11.6. The van der Waals surface area contributed by atoms with Crippen LogP contribution in [0.2, 0.25) is 0 Å². The molecule has 0 aliphatic heterocycles. The van der Waals surface area contributed by atoms with Gasteiger partial charge in [0.15, 0.2) is 0 Å². The summed E-state index contributed by atoms with van der Waals surface area (Å²) >= 11 is 0. The van der Waals surface area contributed by atoms with Crippen molar-refractivity contribution in [3.8, 4) is 0 Å². The summed E-state index contributed by atoms with van der Waals surface area (Å²) in [5, 5.41) is 13.9. The van der Waals surface area contributed by atoms with E-state index in [0.717, 1.165) is 11.1 Å². The number of carbonyl (C=O) groups is 1. The summed E-state index contributed by atoms with van der Waals surface area (Å²) < 4.78 is 15.1. The van der Waals surface area contributed by atoms with Crippen LogP contribution in [0.1, 0.15) is 19.0 Å². The molecule has 0 fully saturated rings. The lowest BCUT2D eigenvalue weighted by Crippen LogP contribution is -2.23. The van der Waals surface area contributed by atoms with Crippen LogP contribution in [0.4, 0.5) is 9.18 Å². The summed E-state index contributed by atoms with van der Waals surface area (Å²) in [6.45, 7) is 1.89. The summed E-state index contributed by atoms with van der Waals surface area (Å²) in [6.07, 6.45) is 3.80. The van der Waals surface area contributed by atoms with E-state index in [-0.39, 0.29) is 5.69 Å². The van der Waals surface area contributed by atoms with Crippen LogP contribution < -0.4 is 0 Å². The summed E-state index contributed by atoms with van der Waals surface area (Å²) in [5.74, 6) is -0.748. The van der Waals surface area contributed by atoms with Gasteiger partial charge >= 0.3 is 6.03 Å². The van der Waals surface area contributed by atoms with Crippen LogP contribution in [0.15, 0.2) is 12.4 Å². The van der Waals surface area contributed by atoms with E-state index in [2.05, 4.69) is 20.6 Å². The second kappa shape index (κ2) is 4.17. The molecule has 0 saturated heterocycles. The van der Waals surface area contributed by atoms with E-state index >= 15 is 0 Å². The number of aromatic nitrogens is 6. The first kappa shape index (κ1) is 10.4. The maximum absolute atomic E-state index is 13.6. The van der Waals surface area contributed by atoms with Crippen molar-refractivity contribution in [3.63, 3.8) is 0 Å². The Bertz CT molecular complexity index is 491. The van der Waals surface area contributed by atoms with Crippen LogP contribution in [-0.2, 0) is 6.42 Å². The molecule has 2 aromatic rings. The average Bonchev–Trinajstić information content (AvgIpc) is 2.89. The third-order valence-corrected chi connectivity index (χ3v) is 1.97. The van der Waals surface area contributed by atoms with E-state index in [9.17, 15) is 9.18 Å². The molecule has 0 spiro atoms. The molecule has 2 heterocycles. The average molecular weight is 224 g/mol. The predicted octanol–water partition coefficient (Wildman–Crippen LogP) is 0.478. The van der Waals surface area contributed by atoms with Crippen LogP contribution in [0.25, 0.3) is 0 Å². The molecule has 0 aliphatic carbocycles. The van der Waals surface area contributed by atoms with Gasteiger partial charge in [-0.2, -0.15) is 9.07 Å². The Hall–Kier alpha value is -2.12. The topological polar surface area (TPSA) is 78.5 Å². The van der Waals surface area contributed by atoms with Crippen molar-refractivity contribution in [1.82, 2.24) is 30.0 Å². The highest BCUT2D eigenvalue weighted by Crippen LogP contribution is 2.05. The summed E-state index contributed by atoms with van der Waals surface area (Å²) in [7, 11) is 0. The molecular weight excluding hydrogens is 215 g/mol. The largest absolute Gasteiger partial charge is 0.374 e. The molecule has 0 amide bonds. The van der Waals surface area contributed by atoms with Crippen LogP contribution >= 0.6 is 0 Å². The fourth-order valence-corrected chi connectivity index (χ4v) is 1.22. The first-order valence-corrected chi connectivity index (χ1v) is 4.75. The maximum Gasteiger partial charge on any atom is 0.374 e. The van der Waals surface area contributed by atoms with Gasteiger partial charge in [0.2, 0.25) is 5.95 Å². The number of carbonyl (C=O) groups excluding carboxylic acids is 1. The van der Waals surface area contributed by atoms with Gasteiger partial charge in [-0.05, 0) is 6.42 Å². The maximum atomic E-state index is 13.6. The van der Waals surface area contributed by atoms with Crippen molar-refractivity contribution in [2.24, 2.45) is 0 Å². The Morgan fingerprint density at radius 2 is 2.31 bits per heavy atom. The van der Waals surface area contributed by atoms with E-state index in [1.54, 1.807) is 0 Å². The van der Waals surface area contributed by atoms with Gasteiger partial charge in [0.1, 0.15) is 5.69 Å². The van der Waals surface area contributed by atoms with Gasteiger partial charge in [0.25, 0.3) is 0 Å². The molecule has 0 saturated carbocycles. The molecule has 0 radical (unpaired) electrons. The molecule has 7 nitrogen and oxygen atoms in total. The Labute approximate surface area is 89.9 Å². The van der Waals surface area contributed by atoms with Gasteiger partial charge in [0, 0.05) is 0 Å². The molecule has 0 aliphatic rings. The van der Waals surface area contributed by atoms with Crippen molar-refractivity contribution < 1.29 is 9.18 Å². The summed E-state index contributed by atoms with van der Waals surface area (Å²) in [6, 6.07) is -0.746. The Morgan fingerprint density at radius 1 is 1.50 bits per heavy atom. The number of halogens is 1. The first-order valence-electron chi connectivity index (χ1n) is 4.75. The van der Waals surface area contributed by atoms with Crippen molar-refractivity contribution in [3.05, 3.63) is 24.0 Å². The van der Waals surface area contributed by atoms with Gasteiger partial charge in [0.05, 0.1) is 12.4 Å². The SMILES string of the molecule is CCCc1nnn(C(=O)n2ccnn2)c1F. The molecule has 0 bridgehead atoms. The fourth-order valence-electron chi connectivity index (χ4n) is 1.22. The highest BCUT2D eigenvalue weighted by atomic mass is 19.1. The molecule has 8 heteroatoms. The zero-order chi connectivity index (χ0) is 11.5. The highest BCUT2D eigenvalue weighted by molar-refractivity contribution is 5.77. The zero-order valence-electron chi connectivity index (χ0n) is 8.54. The third kappa shape index (κ3) is 1.69. The minimum Gasteiger partial charge on any atom is -0.243 e. The predicted molar refractivity (Wildman–Crippen MR) is 50.2 cm³/mol. The van der Waals surface area contributed by atoms with Gasteiger partial charge in [-0.3, -0.25) is 0 Å². The number of aryl methyl sites for hydroxylation is 1. The first-order chi connectivity index (χ1) is 7.74. The van der Waals surface area contributed by atoms with Crippen molar-refractivity contribution in [2.75, 3.05) is 0 Å². The smallest absolute Gasteiger partial charge is 0.243 e. The molecule has 16 heavy (non-hydrogen) atoms. The van der Waals surface area contributed by atoms with Gasteiger partial charge in [-0.25, -0.2) is 4.79 Å². The van der Waals surface area contributed by atoms with Crippen LogP contribution in [-0.4, -0.2) is 36.0 Å². The lowest BCUT2D eigenvalue weighted by atomic mass is 10.3. The molecule has 0 unspecified atom stereocenters. The quantitative estimate of drug-likeness (QED) is 0.741. The van der Waals surface area contributed by atoms with Gasteiger partial charge in [-0.1, -0.05) is 23.8 Å². The number of rotatable bonds is 2. The van der Waals surface area contributed by atoms with Crippen LogP contribution in [0.3, 0.4) is 0 Å². The monoisotopic (exact) mass is 224 g/mol. The molecule has 0 N–H and O–H groups in total. The van der Waals surface area contributed by atoms with Crippen molar-refractivity contribution in [2.45, 2.75) is 19.8 Å². The van der Waals surface area contributed by atoms with E-state index in [1.807, 2.05) is 6.92 Å². The minimum absolute atomic E-state index is 0.177. The van der Waals surface area contributed by atoms with Crippen LogP contribution in [0, 0.1) is 5.95 Å². The molecule has 2 aromatic heterocycles. The van der Waals surface area contributed by atoms with Crippen LogP contribution in [0.5, 0.6) is 0 Å². The zero-order valence-corrected chi connectivity index (χ0v) is 8.54. The van der Waals surface area contributed by atoms with Gasteiger partial charge < -0.3 is 0 Å². The molecule has 2 rings (SSSR count). The molecule has 0 aromatic carbocycles. The van der Waals surface area contributed by atoms with Crippen molar-refractivity contribution in [1.29, 1.82) is 0 Å². The second-order valence-corrected chi connectivity index (χ2v) is 3.12. The Morgan fingerprint density at radius 3 is 2.94 bits per heavy atom. The Balaban J connectivity index is 2.31. The number of hydrogen-bond donors (Lipinski definition) is 0. The van der Waals surface area contributed by atoms with E-state index in [4.69, 9.17) is 0 Å². The fraction of sp³-hybridized carbons (Fsp3) is 0.375. The lowest BCUT2D eigenvalue weighted by molar-refractivity contribution is 0.233.